The lowest BCUT2D eigenvalue weighted by atomic mass is 10.2. The Hall–Kier alpha value is -0.920. The van der Waals surface area contributed by atoms with Crippen molar-refractivity contribution in [3.05, 3.63) is 55.8 Å². The number of hydrogen-bond acceptors (Lipinski definition) is 3. The van der Waals surface area contributed by atoms with Gasteiger partial charge in [-0.05, 0) is 34.2 Å². The summed E-state index contributed by atoms with van der Waals surface area (Å²) < 4.78 is 1.17. The van der Waals surface area contributed by atoms with Gasteiger partial charge in [-0.25, -0.2) is 0 Å². The van der Waals surface area contributed by atoms with Crippen LogP contribution in [0.2, 0.25) is 0 Å². The molecule has 0 bridgehead atoms. The van der Waals surface area contributed by atoms with Crippen LogP contribution in [0.3, 0.4) is 0 Å². The molecule has 0 radical (unpaired) electrons. The minimum atomic E-state index is 0.175. The highest BCUT2D eigenvalue weighted by Crippen LogP contribution is 2.19. The minimum Gasteiger partial charge on any atom is -0.336 e. The first kappa shape index (κ1) is 15.0. The molecular weight excluding hydrogens is 395 g/mol. The van der Waals surface area contributed by atoms with E-state index < -0.39 is 0 Å². The molecule has 1 aromatic carbocycles. The number of halogens is 1. The fraction of sp³-hybridized carbons (Fsp3) is 0.312. The van der Waals surface area contributed by atoms with Gasteiger partial charge in [0.1, 0.15) is 0 Å². The highest BCUT2D eigenvalue weighted by Gasteiger charge is 2.22. The number of hydrogen-bond donors (Lipinski definition) is 0. The third-order valence-corrected chi connectivity index (χ3v) is 5.51. The first-order valence-corrected chi connectivity index (χ1v) is 8.98. The largest absolute Gasteiger partial charge is 0.336 e. The van der Waals surface area contributed by atoms with Gasteiger partial charge in [-0.15, -0.1) is 11.3 Å². The van der Waals surface area contributed by atoms with Crippen molar-refractivity contribution < 1.29 is 4.79 Å². The van der Waals surface area contributed by atoms with Gasteiger partial charge in [0, 0.05) is 38.1 Å². The van der Waals surface area contributed by atoms with Gasteiger partial charge in [-0.2, -0.15) is 0 Å². The Morgan fingerprint density at radius 3 is 2.48 bits per heavy atom. The minimum absolute atomic E-state index is 0.175. The van der Waals surface area contributed by atoms with Crippen LogP contribution >= 0.6 is 33.9 Å². The van der Waals surface area contributed by atoms with Crippen molar-refractivity contribution in [1.82, 2.24) is 9.80 Å². The fourth-order valence-electron chi connectivity index (χ4n) is 2.56. The normalized spacial score (nSPS) is 16.1. The van der Waals surface area contributed by atoms with Crippen LogP contribution in [0, 0.1) is 2.88 Å². The molecule has 3 rings (SSSR count). The van der Waals surface area contributed by atoms with E-state index in [2.05, 4.69) is 51.8 Å². The summed E-state index contributed by atoms with van der Waals surface area (Å²) in [4.78, 5) is 16.8. The van der Waals surface area contributed by atoms with E-state index in [0.717, 1.165) is 38.3 Å². The van der Waals surface area contributed by atoms with Crippen molar-refractivity contribution in [2.75, 3.05) is 26.2 Å². The topological polar surface area (TPSA) is 23.6 Å². The lowest BCUT2D eigenvalue weighted by Crippen LogP contribution is -2.48. The molecule has 0 unspecified atom stereocenters. The third kappa shape index (κ3) is 3.84. The molecule has 1 aromatic heterocycles. The van der Waals surface area contributed by atoms with Crippen LogP contribution in [0.15, 0.2) is 41.8 Å². The lowest BCUT2D eigenvalue weighted by Gasteiger charge is -2.34. The van der Waals surface area contributed by atoms with E-state index in [9.17, 15) is 4.79 Å². The maximum atomic E-state index is 12.4. The maximum absolute atomic E-state index is 12.4. The zero-order valence-electron chi connectivity index (χ0n) is 11.7. The second kappa shape index (κ2) is 6.89. The molecule has 0 aliphatic carbocycles. The average Bonchev–Trinajstić information content (AvgIpc) is 2.95. The maximum Gasteiger partial charge on any atom is 0.254 e. The monoisotopic (exact) mass is 412 g/mol. The van der Waals surface area contributed by atoms with Gasteiger partial charge in [0.25, 0.3) is 5.91 Å². The van der Waals surface area contributed by atoms with Crippen molar-refractivity contribution in [2.45, 2.75) is 6.54 Å². The first-order chi connectivity index (χ1) is 10.2. The molecule has 0 atom stereocenters. The number of benzene rings is 1. The summed E-state index contributed by atoms with van der Waals surface area (Å²) in [6.07, 6.45) is 0. The van der Waals surface area contributed by atoms with Gasteiger partial charge in [0.15, 0.2) is 0 Å². The summed E-state index contributed by atoms with van der Waals surface area (Å²) in [5.41, 5.74) is 2.17. The second-order valence-corrected chi connectivity index (χ2v) is 8.00. The van der Waals surface area contributed by atoms with Gasteiger partial charge in [-0.1, -0.05) is 30.3 Å². The molecule has 1 saturated heterocycles. The number of thiophene rings is 1. The van der Waals surface area contributed by atoms with E-state index in [1.54, 1.807) is 11.3 Å². The Morgan fingerprint density at radius 1 is 1.14 bits per heavy atom. The van der Waals surface area contributed by atoms with Crippen molar-refractivity contribution in [3.8, 4) is 0 Å². The molecule has 21 heavy (non-hydrogen) atoms. The highest BCUT2D eigenvalue weighted by atomic mass is 127. The van der Waals surface area contributed by atoms with Gasteiger partial charge in [0.2, 0.25) is 0 Å². The van der Waals surface area contributed by atoms with E-state index in [4.69, 9.17) is 0 Å². The molecule has 0 saturated carbocycles. The Morgan fingerprint density at radius 2 is 1.86 bits per heavy atom. The van der Waals surface area contributed by atoms with Gasteiger partial charge < -0.3 is 4.90 Å². The number of carbonyl (C=O) groups is 1. The Kier molecular flexibility index (Phi) is 4.92. The summed E-state index contributed by atoms with van der Waals surface area (Å²) in [5.74, 6) is 0.175. The molecular formula is C16H17IN2OS. The van der Waals surface area contributed by atoms with Gasteiger partial charge >= 0.3 is 0 Å². The van der Waals surface area contributed by atoms with Gasteiger partial charge in [-0.3, -0.25) is 9.69 Å². The zero-order chi connectivity index (χ0) is 14.7. The van der Waals surface area contributed by atoms with Crippen LogP contribution < -0.4 is 0 Å². The predicted molar refractivity (Wildman–Crippen MR) is 94.7 cm³/mol. The number of carbonyl (C=O) groups excluding carboxylic acids is 1. The zero-order valence-corrected chi connectivity index (χ0v) is 14.6. The molecule has 3 nitrogen and oxygen atoms in total. The molecule has 5 heteroatoms. The number of amides is 1. The second-order valence-electron chi connectivity index (χ2n) is 5.19. The standard InChI is InChI=1S/C16H17IN2OS/c17-15-10-14(12-21-15)16(20)19-8-6-18(7-9-19)11-13-4-2-1-3-5-13/h1-5,10,12H,6-9,11H2. The van der Waals surface area contributed by atoms with Crippen molar-refractivity contribution in [3.63, 3.8) is 0 Å². The summed E-state index contributed by atoms with van der Waals surface area (Å²) in [6, 6.07) is 12.5. The Bertz CT molecular complexity index is 606. The summed E-state index contributed by atoms with van der Waals surface area (Å²) in [5, 5.41) is 1.96. The first-order valence-electron chi connectivity index (χ1n) is 7.02. The van der Waals surface area contributed by atoms with Crippen molar-refractivity contribution in [2.24, 2.45) is 0 Å². The Labute approximate surface area is 142 Å². The molecule has 1 aliphatic rings. The molecule has 2 heterocycles. The van der Waals surface area contributed by atoms with Crippen LogP contribution in [0.1, 0.15) is 15.9 Å². The molecule has 1 fully saturated rings. The summed E-state index contributed by atoms with van der Waals surface area (Å²) in [6.45, 7) is 4.50. The summed E-state index contributed by atoms with van der Waals surface area (Å²) in [7, 11) is 0. The van der Waals surface area contributed by atoms with E-state index in [-0.39, 0.29) is 5.91 Å². The van der Waals surface area contributed by atoms with Crippen LogP contribution in [-0.2, 0) is 6.54 Å². The summed E-state index contributed by atoms with van der Waals surface area (Å²) >= 11 is 3.89. The van der Waals surface area contributed by atoms with Crippen molar-refractivity contribution >= 4 is 39.8 Å². The molecule has 2 aromatic rings. The molecule has 0 N–H and O–H groups in total. The number of piperazine rings is 1. The highest BCUT2D eigenvalue weighted by molar-refractivity contribution is 14.1. The van der Waals surface area contributed by atoms with E-state index >= 15 is 0 Å². The van der Waals surface area contributed by atoms with Crippen molar-refractivity contribution in [1.29, 1.82) is 0 Å². The third-order valence-electron chi connectivity index (χ3n) is 3.72. The number of rotatable bonds is 3. The lowest BCUT2D eigenvalue weighted by molar-refractivity contribution is 0.0629. The van der Waals surface area contributed by atoms with Crippen LogP contribution in [0.25, 0.3) is 0 Å². The predicted octanol–water partition coefficient (Wildman–Crippen LogP) is 3.31. The molecule has 0 spiro atoms. The quantitative estimate of drug-likeness (QED) is 0.723. The fourth-order valence-corrected chi connectivity index (χ4v) is 3.88. The van der Waals surface area contributed by atoms with E-state index in [1.165, 1.54) is 8.45 Å². The van der Waals surface area contributed by atoms with Gasteiger partial charge in [0.05, 0.1) is 8.45 Å². The average molecular weight is 412 g/mol. The van der Waals surface area contributed by atoms with E-state index in [1.807, 2.05) is 22.4 Å². The molecule has 1 aliphatic heterocycles. The Balaban J connectivity index is 1.54. The van der Waals surface area contributed by atoms with E-state index in [0.29, 0.717) is 0 Å². The molecule has 1 amide bonds. The number of nitrogens with zero attached hydrogens (tertiary/aromatic N) is 2. The SMILES string of the molecule is O=C(c1csc(I)c1)N1CCN(Cc2ccccc2)CC1. The van der Waals surface area contributed by atoms with Crippen LogP contribution in [0.5, 0.6) is 0 Å². The van der Waals surface area contributed by atoms with Crippen LogP contribution in [0.4, 0.5) is 0 Å². The molecule has 110 valence electrons. The van der Waals surface area contributed by atoms with Crippen LogP contribution in [-0.4, -0.2) is 41.9 Å². The smallest absolute Gasteiger partial charge is 0.254 e.